The van der Waals surface area contributed by atoms with Crippen LogP contribution in [0.2, 0.25) is 0 Å². The summed E-state index contributed by atoms with van der Waals surface area (Å²) in [4.78, 5) is 15.2. The number of hydrogen-bond acceptors (Lipinski definition) is 4. The van der Waals surface area contributed by atoms with E-state index in [1.807, 2.05) is 36.7 Å². The number of hydrogen-bond donors (Lipinski definition) is 0. The van der Waals surface area contributed by atoms with Gasteiger partial charge in [0.15, 0.2) is 0 Å². The molecule has 2 aliphatic rings. The first-order valence-electron chi connectivity index (χ1n) is 10.7. The highest BCUT2D eigenvalue weighted by molar-refractivity contribution is 5.76. The Balaban J connectivity index is 1.43. The van der Waals surface area contributed by atoms with Crippen molar-refractivity contribution < 1.29 is 14.3 Å². The van der Waals surface area contributed by atoms with Crippen LogP contribution in [-0.2, 0) is 22.6 Å². The van der Waals surface area contributed by atoms with E-state index in [1.54, 1.807) is 0 Å². The Kier molecular flexibility index (Phi) is 6.19. The molecule has 1 saturated heterocycles. The van der Waals surface area contributed by atoms with Crippen LogP contribution in [0.15, 0.2) is 30.3 Å². The van der Waals surface area contributed by atoms with Gasteiger partial charge in [0.25, 0.3) is 0 Å². The van der Waals surface area contributed by atoms with Crippen LogP contribution >= 0.6 is 0 Å². The second-order valence-corrected chi connectivity index (χ2v) is 8.29. The average Bonchev–Trinajstić information content (AvgIpc) is 3.45. The van der Waals surface area contributed by atoms with E-state index in [0.29, 0.717) is 25.7 Å². The minimum atomic E-state index is 0.145. The van der Waals surface area contributed by atoms with Crippen molar-refractivity contribution in [1.29, 1.82) is 0 Å². The van der Waals surface area contributed by atoms with E-state index in [0.717, 1.165) is 48.6 Å². The van der Waals surface area contributed by atoms with Crippen molar-refractivity contribution in [2.45, 2.75) is 71.2 Å². The molecule has 1 amide bonds. The molecule has 156 valence electrons. The fourth-order valence-corrected chi connectivity index (χ4v) is 4.36. The van der Waals surface area contributed by atoms with Crippen molar-refractivity contribution in [3.8, 4) is 5.75 Å². The minimum Gasteiger partial charge on any atom is -0.488 e. The SMILES string of the molecule is Cc1cc(C)n(CC(=O)N(Cc2ccc(OC3CCOC3)cc2)C2CCCC2)n1. The molecule has 2 fully saturated rings. The maximum Gasteiger partial charge on any atom is 0.244 e. The standard InChI is InChI=1S/C23H31N3O3/c1-17-13-18(2)26(24-17)15-23(27)25(20-5-3-4-6-20)14-19-7-9-21(10-8-19)29-22-11-12-28-16-22/h7-10,13,20,22H,3-6,11-12,14-16H2,1-2H3. The molecule has 4 rings (SSSR count). The van der Waals surface area contributed by atoms with Gasteiger partial charge in [0.1, 0.15) is 18.4 Å². The summed E-state index contributed by atoms with van der Waals surface area (Å²) in [6.45, 7) is 6.34. The summed E-state index contributed by atoms with van der Waals surface area (Å²) in [7, 11) is 0. The van der Waals surface area contributed by atoms with Crippen molar-refractivity contribution in [3.63, 3.8) is 0 Å². The number of aromatic nitrogens is 2. The van der Waals surface area contributed by atoms with E-state index >= 15 is 0 Å². The molecule has 1 unspecified atom stereocenters. The molecule has 1 aromatic carbocycles. The molecule has 2 heterocycles. The van der Waals surface area contributed by atoms with Crippen molar-refractivity contribution in [2.75, 3.05) is 13.2 Å². The number of benzene rings is 1. The molecular weight excluding hydrogens is 366 g/mol. The van der Waals surface area contributed by atoms with Crippen molar-refractivity contribution >= 4 is 5.91 Å². The Morgan fingerprint density at radius 1 is 1.21 bits per heavy atom. The smallest absolute Gasteiger partial charge is 0.244 e. The Bertz CT molecular complexity index is 818. The van der Waals surface area contributed by atoms with Crippen molar-refractivity contribution in [2.24, 2.45) is 0 Å². The molecule has 29 heavy (non-hydrogen) atoms. The third-order valence-electron chi connectivity index (χ3n) is 5.94. The average molecular weight is 398 g/mol. The van der Waals surface area contributed by atoms with Crippen LogP contribution in [0.3, 0.4) is 0 Å². The molecule has 0 bridgehead atoms. The zero-order chi connectivity index (χ0) is 20.2. The predicted molar refractivity (Wildman–Crippen MR) is 111 cm³/mol. The Labute approximate surface area is 172 Å². The normalized spacial score (nSPS) is 19.6. The van der Waals surface area contributed by atoms with Crippen LogP contribution in [-0.4, -0.2) is 45.9 Å². The van der Waals surface area contributed by atoms with Gasteiger partial charge >= 0.3 is 0 Å². The van der Waals surface area contributed by atoms with Crippen molar-refractivity contribution in [3.05, 3.63) is 47.3 Å². The zero-order valence-electron chi connectivity index (χ0n) is 17.5. The van der Waals surface area contributed by atoms with Crippen LogP contribution in [0.5, 0.6) is 5.75 Å². The first-order valence-corrected chi connectivity index (χ1v) is 10.7. The van der Waals surface area contributed by atoms with E-state index in [1.165, 1.54) is 12.8 Å². The van der Waals surface area contributed by atoms with Gasteiger partial charge in [0.2, 0.25) is 5.91 Å². The van der Waals surface area contributed by atoms with Gasteiger partial charge in [-0.15, -0.1) is 0 Å². The van der Waals surface area contributed by atoms with Gasteiger partial charge in [-0.25, -0.2) is 0 Å². The first kappa shape index (κ1) is 20.0. The van der Waals surface area contributed by atoms with Crippen LogP contribution in [0, 0.1) is 13.8 Å². The number of aryl methyl sites for hydroxylation is 2. The summed E-state index contributed by atoms with van der Waals surface area (Å²) in [5.74, 6) is 1.01. The Morgan fingerprint density at radius 2 is 1.97 bits per heavy atom. The number of carbonyl (C=O) groups is 1. The number of nitrogens with zero attached hydrogens (tertiary/aromatic N) is 3. The fourth-order valence-electron chi connectivity index (χ4n) is 4.36. The predicted octanol–water partition coefficient (Wildman–Crippen LogP) is 3.64. The molecule has 1 atom stereocenters. The maximum atomic E-state index is 13.2. The van der Waals surface area contributed by atoms with E-state index in [4.69, 9.17) is 9.47 Å². The molecule has 0 spiro atoms. The summed E-state index contributed by atoms with van der Waals surface area (Å²) in [6.07, 6.45) is 5.67. The van der Waals surface area contributed by atoms with Gasteiger partial charge in [0.05, 0.1) is 18.9 Å². The molecule has 1 aliphatic heterocycles. The number of rotatable bonds is 7. The molecule has 2 aromatic rings. The summed E-state index contributed by atoms with van der Waals surface area (Å²) < 4.78 is 13.2. The monoisotopic (exact) mass is 397 g/mol. The van der Waals surface area contributed by atoms with E-state index in [9.17, 15) is 4.79 Å². The molecular formula is C23H31N3O3. The lowest BCUT2D eigenvalue weighted by molar-refractivity contribution is -0.135. The molecule has 1 aliphatic carbocycles. The van der Waals surface area contributed by atoms with E-state index < -0.39 is 0 Å². The second kappa shape index (κ2) is 8.99. The fraction of sp³-hybridized carbons (Fsp3) is 0.565. The van der Waals surface area contributed by atoms with Gasteiger partial charge in [-0.3, -0.25) is 9.48 Å². The highest BCUT2D eigenvalue weighted by Crippen LogP contribution is 2.26. The van der Waals surface area contributed by atoms with Crippen LogP contribution < -0.4 is 4.74 Å². The third-order valence-corrected chi connectivity index (χ3v) is 5.94. The number of ether oxygens (including phenoxy) is 2. The molecule has 6 heteroatoms. The lowest BCUT2D eigenvalue weighted by atomic mass is 10.1. The van der Waals surface area contributed by atoms with Crippen molar-refractivity contribution in [1.82, 2.24) is 14.7 Å². The maximum absolute atomic E-state index is 13.2. The first-order chi connectivity index (χ1) is 14.1. The van der Waals surface area contributed by atoms with Crippen LogP contribution in [0.1, 0.15) is 49.1 Å². The largest absolute Gasteiger partial charge is 0.488 e. The lowest BCUT2D eigenvalue weighted by Gasteiger charge is -2.29. The van der Waals surface area contributed by atoms with Crippen LogP contribution in [0.25, 0.3) is 0 Å². The lowest BCUT2D eigenvalue weighted by Crippen LogP contribution is -2.40. The summed E-state index contributed by atoms with van der Waals surface area (Å²) >= 11 is 0. The van der Waals surface area contributed by atoms with Crippen LogP contribution in [0.4, 0.5) is 0 Å². The third kappa shape index (κ3) is 4.99. The molecule has 1 aromatic heterocycles. The van der Waals surface area contributed by atoms with Gasteiger partial charge in [-0.05, 0) is 50.5 Å². The molecule has 0 radical (unpaired) electrons. The summed E-state index contributed by atoms with van der Waals surface area (Å²) in [5.41, 5.74) is 3.11. The minimum absolute atomic E-state index is 0.145. The van der Waals surface area contributed by atoms with Gasteiger partial charge in [0, 0.05) is 24.7 Å². The summed E-state index contributed by atoms with van der Waals surface area (Å²) in [6, 6.07) is 10.5. The van der Waals surface area contributed by atoms with E-state index in [-0.39, 0.29) is 12.0 Å². The van der Waals surface area contributed by atoms with Gasteiger partial charge in [-0.2, -0.15) is 5.10 Å². The molecule has 6 nitrogen and oxygen atoms in total. The number of carbonyl (C=O) groups excluding carboxylic acids is 1. The highest BCUT2D eigenvalue weighted by atomic mass is 16.5. The zero-order valence-corrected chi connectivity index (χ0v) is 17.5. The molecule has 0 N–H and O–H groups in total. The highest BCUT2D eigenvalue weighted by Gasteiger charge is 2.27. The molecule has 1 saturated carbocycles. The van der Waals surface area contributed by atoms with E-state index in [2.05, 4.69) is 22.1 Å². The Hall–Kier alpha value is -2.34. The quantitative estimate of drug-likeness (QED) is 0.716. The number of amides is 1. The topological polar surface area (TPSA) is 56.6 Å². The summed E-state index contributed by atoms with van der Waals surface area (Å²) in [5, 5.41) is 4.47. The Morgan fingerprint density at radius 3 is 2.59 bits per heavy atom. The second-order valence-electron chi connectivity index (χ2n) is 8.29. The van der Waals surface area contributed by atoms with Gasteiger partial charge in [-0.1, -0.05) is 25.0 Å². The van der Waals surface area contributed by atoms with Gasteiger partial charge < -0.3 is 14.4 Å².